The van der Waals surface area contributed by atoms with Gasteiger partial charge in [-0.3, -0.25) is 4.79 Å². The molecule has 0 aliphatic carbocycles. The maximum Gasteiger partial charge on any atom is 0.307 e. The largest absolute Gasteiger partial charge is 0.469 e. The van der Waals surface area contributed by atoms with Crippen molar-refractivity contribution in [3.8, 4) is 0 Å². The van der Waals surface area contributed by atoms with Crippen LogP contribution in [0.2, 0.25) is 0 Å². The molecule has 18 heavy (non-hydrogen) atoms. The quantitative estimate of drug-likeness (QED) is 0.742. The minimum Gasteiger partial charge on any atom is -0.469 e. The molecule has 0 bridgehead atoms. The highest BCUT2D eigenvalue weighted by atomic mass is 16.5. The average molecular weight is 257 g/mol. The fraction of sp³-hybridized carbons (Fsp3) is 0.929. The van der Waals surface area contributed by atoms with Gasteiger partial charge in [-0.2, -0.15) is 0 Å². The normalized spacial score (nSPS) is 32.2. The minimum atomic E-state index is -0.161. The molecule has 1 fully saturated rings. The summed E-state index contributed by atoms with van der Waals surface area (Å²) in [7, 11) is 1.45. The summed E-state index contributed by atoms with van der Waals surface area (Å²) in [5.74, 6) is -0.140. The van der Waals surface area contributed by atoms with Crippen LogP contribution in [0.3, 0.4) is 0 Å². The zero-order valence-corrected chi connectivity index (χ0v) is 12.2. The third-order valence-corrected chi connectivity index (χ3v) is 3.95. The molecule has 0 aromatic carbocycles. The molecule has 2 atom stereocenters. The number of ether oxygens (including phenoxy) is 2. The number of carbonyl (C=O) groups excluding carboxylic acids is 1. The molecule has 1 aliphatic heterocycles. The number of esters is 1. The summed E-state index contributed by atoms with van der Waals surface area (Å²) in [6, 6.07) is 0. The van der Waals surface area contributed by atoms with Crippen LogP contribution in [0.1, 0.15) is 52.9 Å². The van der Waals surface area contributed by atoms with E-state index in [9.17, 15) is 4.79 Å². The molecule has 2 unspecified atom stereocenters. The molecule has 1 aliphatic rings. The zero-order valence-electron chi connectivity index (χ0n) is 12.2. The van der Waals surface area contributed by atoms with Gasteiger partial charge in [0.25, 0.3) is 0 Å². The average Bonchev–Trinajstić information content (AvgIpc) is 2.36. The van der Waals surface area contributed by atoms with Crippen molar-refractivity contribution in [1.82, 2.24) is 5.32 Å². The molecule has 1 saturated heterocycles. The first-order chi connectivity index (χ1) is 8.49. The van der Waals surface area contributed by atoms with E-state index in [1.54, 1.807) is 0 Å². The topological polar surface area (TPSA) is 47.6 Å². The molecule has 1 heterocycles. The van der Waals surface area contributed by atoms with Gasteiger partial charge in [0.15, 0.2) is 0 Å². The second-order valence-electron chi connectivity index (χ2n) is 5.54. The number of hydrogen-bond donors (Lipinski definition) is 1. The van der Waals surface area contributed by atoms with E-state index in [-0.39, 0.29) is 17.1 Å². The predicted molar refractivity (Wildman–Crippen MR) is 71.5 cm³/mol. The first-order valence-electron chi connectivity index (χ1n) is 6.95. The van der Waals surface area contributed by atoms with Crippen LogP contribution in [-0.2, 0) is 14.3 Å². The fourth-order valence-corrected chi connectivity index (χ4v) is 2.68. The molecule has 0 aromatic rings. The van der Waals surface area contributed by atoms with Crippen molar-refractivity contribution in [3.05, 3.63) is 0 Å². The van der Waals surface area contributed by atoms with Crippen LogP contribution in [0, 0.1) is 0 Å². The summed E-state index contributed by atoms with van der Waals surface area (Å²) < 4.78 is 10.7. The van der Waals surface area contributed by atoms with Crippen LogP contribution in [0.25, 0.3) is 0 Å². The van der Waals surface area contributed by atoms with Gasteiger partial charge >= 0.3 is 5.97 Å². The Hall–Kier alpha value is -0.610. The Morgan fingerprint density at radius 2 is 2.17 bits per heavy atom. The molecule has 106 valence electrons. The number of rotatable bonds is 6. The van der Waals surface area contributed by atoms with Gasteiger partial charge in [0.2, 0.25) is 0 Å². The summed E-state index contributed by atoms with van der Waals surface area (Å²) >= 11 is 0. The van der Waals surface area contributed by atoms with Gasteiger partial charge in [-0.1, -0.05) is 13.8 Å². The van der Waals surface area contributed by atoms with Gasteiger partial charge in [-0.25, -0.2) is 0 Å². The van der Waals surface area contributed by atoms with E-state index in [0.717, 1.165) is 32.2 Å². The molecule has 0 saturated carbocycles. The smallest absolute Gasteiger partial charge is 0.307 e. The standard InChI is InChI=1S/C14H27NO3/c1-5-8-15-14(10-12(16)17-4)7-9-18-13(3,6-2)11-14/h15H,5-11H2,1-4H3. The Labute approximate surface area is 110 Å². The van der Waals surface area contributed by atoms with Crippen molar-refractivity contribution in [2.75, 3.05) is 20.3 Å². The SMILES string of the molecule is CCCNC1(CC(=O)OC)CCOC(C)(CC)C1. The van der Waals surface area contributed by atoms with Gasteiger partial charge in [0.05, 0.1) is 19.1 Å². The molecule has 1 rings (SSSR count). The van der Waals surface area contributed by atoms with Crippen molar-refractivity contribution < 1.29 is 14.3 Å². The Morgan fingerprint density at radius 3 is 2.72 bits per heavy atom. The third kappa shape index (κ3) is 3.95. The van der Waals surface area contributed by atoms with E-state index in [4.69, 9.17) is 9.47 Å². The summed E-state index contributed by atoms with van der Waals surface area (Å²) in [6.07, 6.45) is 4.20. The van der Waals surface area contributed by atoms with Gasteiger partial charge in [0, 0.05) is 12.1 Å². The van der Waals surface area contributed by atoms with E-state index >= 15 is 0 Å². The first-order valence-corrected chi connectivity index (χ1v) is 6.95. The van der Waals surface area contributed by atoms with Crippen LogP contribution < -0.4 is 5.32 Å². The molecule has 0 aromatic heterocycles. The minimum absolute atomic E-state index is 0.132. The predicted octanol–water partition coefficient (Wildman–Crippen LogP) is 2.27. The second-order valence-corrected chi connectivity index (χ2v) is 5.54. The summed E-state index contributed by atoms with van der Waals surface area (Å²) in [5, 5.41) is 3.56. The van der Waals surface area contributed by atoms with Crippen LogP contribution in [0.5, 0.6) is 0 Å². The van der Waals surface area contributed by atoms with Gasteiger partial charge in [-0.15, -0.1) is 0 Å². The summed E-state index contributed by atoms with van der Waals surface area (Å²) in [5.41, 5.74) is -0.293. The number of methoxy groups -OCH3 is 1. The Balaban J connectivity index is 2.78. The van der Waals surface area contributed by atoms with Crippen LogP contribution in [0.4, 0.5) is 0 Å². The maximum atomic E-state index is 11.6. The molecule has 0 radical (unpaired) electrons. The second kappa shape index (κ2) is 6.53. The number of carbonyl (C=O) groups is 1. The van der Waals surface area contributed by atoms with Crippen molar-refractivity contribution in [1.29, 1.82) is 0 Å². The van der Waals surface area contributed by atoms with Crippen LogP contribution in [0.15, 0.2) is 0 Å². The lowest BCUT2D eigenvalue weighted by Crippen LogP contribution is -2.56. The van der Waals surface area contributed by atoms with Crippen molar-refractivity contribution >= 4 is 5.97 Å². The lowest BCUT2D eigenvalue weighted by atomic mass is 9.77. The van der Waals surface area contributed by atoms with E-state index < -0.39 is 0 Å². The number of nitrogens with one attached hydrogen (secondary N) is 1. The Morgan fingerprint density at radius 1 is 1.44 bits per heavy atom. The van der Waals surface area contributed by atoms with Crippen LogP contribution in [-0.4, -0.2) is 37.4 Å². The highest BCUT2D eigenvalue weighted by Gasteiger charge is 2.43. The highest BCUT2D eigenvalue weighted by molar-refractivity contribution is 5.70. The third-order valence-electron chi connectivity index (χ3n) is 3.95. The van der Waals surface area contributed by atoms with Gasteiger partial charge in [0.1, 0.15) is 0 Å². The molecular weight excluding hydrogens is 230 g/mol. The number of hydrogen-bond acceptors (Lipinski definition) is 4. The lowest BCUT2D eigenvalue weighted by molar-refractivity contribution is -0.147. The lowest BCUT2D eigenvalue weighted by Gasteiger charge is -2.46. The molecule has 1 N–H and O–H groups in total. The summed E-state index contributed by atoms with van der Waals surface area (Å²) in [6.45, 7) is 8.03. The molecule has 0 spiro atoms. The fourth-order valence-electron chi connectivity index (χ4n) is 2.68. The first kappa shape index (κ1) is 15.4. The Kier molecular flexibility index (Phi) is 5.60. The van der Waals surface area contributed by atoms with Gasteiger partial charge < -0.3 is 14.8 Å². The zero-order chi connectivity index (χ0) is 13.6. The molecule has 4 heteroatoms. The van der Waals surface area contributed by atoms with Crippen molar-refractivity contribution in [2.45, 2.75) is 64.0 Å². The van der Waals surface area contributed by atoms with Crippen molar-refractivity contribution in [2.24, 2.45) is 0 Å². The molecular formula is C14H27NO3. The highest BCUT2D eigenvalue weighted by Crippen LogP contribution is 2.36. The van der Waals surface area contributed by atoms with E-state index in [2.05, 4.69) is 26.1 Å². The van der Waals surface area contributed by atoms with Crippen molar-refractivity contribution in [3.63, 3.8) is 0 Å². The van der Waals surface area contributed by atoms with E-state index in [0.29, 0.717) is 13.0 Å². The molecule has 4 nitrogen and oxygen atoms in total. The monoisotopic (exact) mass is 257 g/mol. The van der Waals surface area contributed by atoms with Gasteiger partial charge in [-0.05, 0) is 39.2 Å². The maximum absolute atomic E-state index is 11.6. The van der Waals surface area contributed by atoms with E-state index in [1.807, 2.05) is 0 Å². The van der Waals surface area contributed by atoms with Crippen LogP contribution >= 0.6 is 0 Å². The van der Waals surface area contributed by atoms with E-state index in [1.165, 1.54) is 7.11 Å². The molecule has 0 amide bonds. The summed E-state index contributed by atoms with van der Waals surface area (Å²) in [4.78, 5) is 11.6. The Bertz CT molecular complexity index is 282.